The van der Waals surface area contributed by atoms with Crippen molar-refractivity contribution in [1.82, 2.24) is 9.97 Å². The first kappa shape index (κ1) is 16.8. The zero-order valence-corrected chi connectivity index (χ0v) is 13.4. The van der Waals surface area contributed by atoms with Crippen LogP contribution in [0.25, 0.3) is 10.9 Å². The molecule has 0 radical (unpaired) electrons. The molecule has 1 aromatic heterocycles. The van der Waals surface area contributed by atoms with Crippen molar-refractivity contribution in [3.05, 3.63) is 48.2 Å². The Morgan fingerprint density at radius 1 is 1.00 bits per heavy atom. The highest BCUT2D eigenvalue weighted by Gasteiger charge is 2.33. The number of nitrogens with one attached hydrogen (secondary N) is 1. The lowest BCUT2D eigenvalue weighted by Gasteiger charge is -2.14. The molecule has 0 saturated heterocycles. The van der Waals surface area contributed by atoms with Crippen LogP contribution in [-0.4, -0.2) is 24.2 Å². The molecule has 0 spiro atoms. The molecule has 1 heterocycles. The number of methoxy groups -OCH3 is 2. The number of alkyl halides is 3. The first-order chi connectivity index (χ1) is 11.9. The highest BCUT2D eigenvalue weighted by Crippen LogP contribution is 2.36. The van der Waals surface area contributed by atoms with E-state index in [2.05, 4.69) is 15.3 Å². The van der Waals surface area contributed by atoms with Crippen molar-refractivity contribution in [1.29, 1.82) is 0 Å². The molecule has 0 unspecified atom stereocenters. The van der Waals surface area contributed by atoms with Crippen LogP contribution in [0.3, 0.4) is 0 Å². The number of anilines is 2. The van der Waals surface area contributed by atoms with Crippen LogP contribution in [-0.2, 0) is 6.18 Å². The van der Waals surface area contributed by atoms with E-state index in [9.17, 15) is 13.2 Å². The number of para-hydroxylation sites is 1. The number of nitrogens with zero attached hydrogens (tertiary/aromatic N) is 2. The molecule has 2 aromatic carbocycles. The van der Waals surface area contributed by atoms with Crippen LogP contribution in [0.15, 0.2) is 42.6 Å². The van der Waals surface area contributed by atoms with E-state index in [1.165, 1.54) is 38.6 Å². The van der Waals surface area contributed by atoms with Gasteiger partial charge in [-0.2, -0.15) is 13.2 Å². The maximum atomic E-state index is 13.1. The Balaban J connectivity index is 2.01. The van der Waals surface area contributed by atoms with Crippen molar-refractivity contribution >= 4 is 22.5 Å². The summed E-state index contributed by atoms with van der Waals surface area (Å²) in [5, 5.41) is 3.30. The average Bonchev–Trinajstić information content (AvgIpc) is 2.60. The number of ether oxygens (including phenoxy) is 2. The molecule has 5 nitrogen and oxygen atoms in total. The first-order valence-corrected chi connectivity index (χ1v) is 7.24. The number of hydrogen-bond donors (Lipinski definition) is 1. The summed E-state index contributed by atoms with van der Waals surface area (Å²) in [6, 6.07) is 8.49. The summed E-state index contributed by atoms with van der Waals surface area (Å²) in [6.07, 6.45) is -2.97. The van der Waals surface area contributed by atoms with Gasteiger partial charge in [-0.25, -0.2) is 9.97 Å². The smallest absolute Gasteiger partial charge is 0.418 e. The SMILES string of the molecule is COc1cc2cnc(Nc3ccccc3C(F)(F)F)nc2cc1OC. The van der Waals surface area contributed by atoms with Crippen LogP contribution in [0.1, 0.15) is 5.56 Å². The van der Waals surface area contributed by atoms with Crippen LogP contribution in [0, 0.1) is 0 Å². The third-order valence-electron chi connectivity index (χ3n) is 3.56. The van der Waals surface area contributed by atoms with Gasteiger partial charge in [0, 0.05) is 17.6 Å². The van der Waals surface area contributed by atoms with Crippen LogP contribution in [0.2, 0.25) is 0 Å². The molecular weight excluding hydrogens is 335 g/mol. The second-order valence-corrected chi connectivity index (χ2v) is 5.13. The molecule has 0 aliphatic heterocycles. The molecule has 0 aliphatic rings. The zero-order valence-electron chi connectivity index (χ0n) is 13.4. The lowest BCUT2D eigenvalue weighted by Crippen LogP contribution is -2.09. The van der Waals surface area contributed by atoms with Gasteiger partial charge in [0.25, 0.3) is 0 Å². The number of hydrogen-bond acceptors (Lipinski definition) is 5. The molecule has 8 heteroatoms. The molecule has 0 bridgehead atoms. The minimum atomic E-state index is -4.48. The van der Waals surface area contributed by atoms with E-state index >= 15 is 0 Å². The van der Waals surface area contributed by atoms with E-state index in [4.69, 9.17) is 9.47 Å². The maximum Gasteiger partial charge on any atom is 0.418 e. The van der Waals surface area contributed by atoms with E-state index in [0.29, 0.717) is 22.4 Å². The van der Waals surface area contributed by atoms with E-state index in [0.717, 1.165) is 6.07 Å². The fraction of sp³-hybridized carbons (Fsp3) is 0.176. The Bertz CT molecular complexity index is 913. The molecule has 0 saturated carbocycles. The monoisotopic (exact) mass is 349 g/mol. The van der Waals surface area contributed by atoms with Crippen LogP contribution >= 0.6 is 0 Å². The Morgan fingerprint density at radius 2 is 1.68 bits per heavy atom. The summed E-state index contributed by atoms with van der Waals surface area (Å²) in [5.41, 5.74) is -0.388. The summed E-state index contributed by atoms with van der Waals surface area (Å²) >= 11 is 0. The minimum Gasteiger partial charge on any atom is -0.493 e. The largest absolute Gasteiger partial charge is 0.493 e. The highest BCUT2D eigenvalue weighted by atomic mass is 19.4. The number of fused-ring (bicyclic) bond motifs is 1. The van der Waals surface area contributed by atoms with Gasteiger partial charge >= 0.3 is 6.18 Å². The van der Waals surface area contributed by atoms with Gasteiger partial charge in [0.2, 0.25) is 5.95 Å². The number of benzene rings is 2. The maximum absolute atomic E-state index is 13.1. The fourth-order valence-corrected chi connectivity index (χ4v) is 2.38. The van der Waals surface area contributed by atoms with Gasteiger partial charge in [0.1, 0.15) is 0 Å². The van der Waals surface area contributed by atoms with E-state index in [-0.39, 0.29) is 11.6 Å². The number of rotatable bonds is 4. The van der Waals surface area contributed by atoms with E-state index in [1.807, 2.05) is 0 Å². The number of aromatic nitrogens is 2. The normalized spacial score (nSPS) is 11.4. The third kappa shape index (κ3) is 3.42. The van der Waals surface area contributed by atoms with Gasteiger partial charge in [-0.1, -0.05) is 12.1 Å². The van der Waals surface area contributed by atoms with Crippen molar-refractivity contribution in [3.8, 4) is 11.5 Å². The van der Waals surface area contributed by atoms with Crippen LogP contribution < -0.4 is 14.8 Å². The standard InChI is InChI=1S/C17H14F3N3O2/c1-24-14-7-10-9-21-16(23-13(10)8-15(14)25-2)22-12-6-4-3-5-11(12)17(18,19)20/h3-9H,1-2H3,(H,21,22,23). The van der Waals surface area contributed by atoms with Crippen molar-refractivity contribution in [3.63, 3.8) is 0 Å². The minimum absolute atomic E-state index is 0.0522. The Hall–Kier alpha value is -3.03. The summed E-state index contributed by atoms with van der Waals surface area (Å²) in [5.74, 6) is 1.04. The first-order valence-electron chi connectivity index (χ1n) is 7.24. The zero-order chi connectivity index (χ0) is 18.0. The van der Waals surface area contributed by atoms with Gasteiger partial charge in [0.15, 0.2) is 11.5 Å². The molecule has 0 atom stereocenters. The van der Waals surface area contributed by atoms with Crippen molar-refractivity contribution in [2.75, 3.05) is 19.5 Å². The second-order valence-electron chi connectivity index (χ2n) is 5.13. The predicted octanol–water partition coefficient (Wildman–Crippen LogP) is 4.41. The molecular formula is C17H14F3N3O2. The van der Waals surface area contributed by atoms with E-state index in [1.54, 1.807) is 12.1 Å². The average molecular weight is 349 g/mol. The lowest BCUT2D eigenvalue weighted by molar-refractivity contribution is -0.136. The molecule has 0 amide bonds. The second kappa shape index (κ2) is 6.46. The van der Waals surface area contributed by atoms with Gasteiger partial charge < -0.3 is 14.8 Å². The lowest BCUT2D eigenvalue weighted by atomic mass is 10.1. The molecule has 3 rings (SSSR count). The number of halogens is 3. The molecule has 25 heavy (non-hydrogen) atoms. The molecule has 130 valence electrons. The van der Waals surface area contributed by atoms with E-state index < -0.39 is 11.7 Å². The third-order valence-corrected chi connectivity index (χ3v) is 3.56. The quantitative estimate of drug-likeness (QED) is 0.756. The molecule has 0 aliphatic carbocycles. The van der Waals surface area contributed by atoms with Gasteiger partial charge in [-0.05, 0) is 18.2 Å². The molecule has 1 N–H and O–H groups in total. The van der Waals surface area contributed by atoms with Gasteiger partial charge in [-0.3, -0.25) is 0 Å². The predicted molar refractivity (Wildman–Crippen MR) is 87.4 cm³/mol. The highest BCUT2D eigenvalue weighted by molar-refractivity contribution is 5.83. The van der Waals surface area contributed by atoms with Crippen molar-refractivity contribution in [2.45, 2.75) is 6.18 Å². The van der Waals surface area contributed by atoms with Crippen molar-refractivity contribution in [2.24, 2.45) is 0 Å². The summed E-state index contributed by atoms with van der Waals surface area (Å²) < 4.78 is 49.6. The Kier molecular flexibility index (Phi) is 4.35. The Labute approximate surface area is 141 Å². The fourth-order valence-electron chi connectivity index (χ4n) is 2.38. The van der Waals surface area contributed by atoms with Crippen LogP contribution in [0.4, 0.5) is 24.8 Å². The topological polar surface area (TPSA) is 56.3 Å². The Morgan fingerprint density at radius 3 is 2.36 bits per heavy atom. The van der Waals surface area contributed by atoms with Crippen LogP contribution in [0.5, 0.6) is 11.5 Å². The van der Waals surface area contributed by atoms with Gasteiger partial charge in [0.05, 0.1) is 31.0 Å². The van der Waals surface area contributed by atoms with Crippen molar-refractivity contribution < 1.29 is 22.6 Å². The molecule has 3 aromatic rings. The summed E-state index contributed by atoms with van der Waals surface area (Å²) in [4.78, 5) is 8.32. The van der Waals surface area contributed by atoms with Gasteiger partial charge in [-0.15, -0.1) is 0 Å². The molecule has 0 fully saturated rings. The summed E-state index contributed by atoms with van der Waals surface area (Å²) in [6.45, 7) is 0. The summed E-state index contributed by atoms with van der Waals surface area (Å²) in [7, 11) is 3.00.